The van der Waals surface area contributed by atoms with Crippen molar-refractivity contribution in [2.75, 3.05) is 29.0 Å². The zero-order valence-corrected chi connectivity index (χ0v) is 21.8. The number of nitrogens with zero attached hydrogens (tertiary/aromatic N) is 3. The smallest absolute Gasteiger partial charge is 0.316 e. The van der Waals surface area contributed by atoms with Crippen molar-refractivity contribution in [1.29, 1.82) is 0 Å². The number of rotatable bonds is 9. The molecule has 0 fully saturated rings. The molecule has 0 atom stereocenters. The van der Waals surface area contributed by atoms with Crippen molar-refractivity contribution in [3.05, 3.63) is 58.1 Å². The summed E-state index contributed by atoms with van der Waals surface area (Å²) < 4.78 is 32.8. The molecule has 3 rings (SSSR count). The van der Waals surface area contributed by atoms with Gasteiger partial charge < -0.3 is 4.74 Å². The molecule has 0 aliphatic carbocycles. The largest absolute Gasteiger partial charge is 0.468 e. The first-order chi connectivity index (χ1) is 16.1. The summed E-state index contributed by atoms with van der Waals surface area (Å²) in [6.45, 7) is 1.28. The van der Waals surface area contributed by atoms with Crippen LogP contribution in [0.5, 0.6) is 0 Å². The zero-order valence-electron chi connectivity index (χ0n) is 17.8. The molecular formula is C20H18Cl2N4O5S3. The minimum atomic E-state index is -4.12. The number of amides is 1. The SMILES string of the molecule is COC(=O)CSc1nnc(NC(=O)CN(c2ccc(Cl)c(Cl)c2)S(=O)(=O)c2ccc(C)cc2)s1. The van der Waals surface area contributed by atoms with Gasteiger partial charge >= 0.3 is 5.97 Å². The lowest BCUT2D eigenvalue weighted by molar-refractivity contribution is -0.137. The minimum Gasteiger partial charge on any atom is -0.468 e. The van der Waals surface area contributed by atoms with E-state index < -0.39 is 28.4 Å². The highest BCUT2D eigenvalue weighted by molar-refractivity contribution is 8.01. The number of aromatic nitrogens is 2. The molecular weight excluding hydrogens is 543 g/mol. The third-order valence-corrected chi connectivity index (χ3v) is 8.75. The molecule has 180 valence electrons. The molecule has 0 bridgehead atoms. The number of nitrogens with one attached hydrogen (secondary N) is 1. The van der Waals surface area contributed by atoms with Gasteiger partial charge in [-0.2, -0.15) is 0 Å². The molecule has 0 aliphatic heterocycles. The van der Waals surface area contributed by atoms with E-state index in [0.717, 1.165) is 33.0 Å². The van der Waals surface area contributed by atoms with Crippen molar-refractivity contribution < 1.29 is 22.7 Å². The highest BCUT2D eigenvalue weighted by Gasteiger charge is 2.28. The number of hydrogen-bond acceptors (Lipinski definition) is 9. The molecule has 1 amide bonds. The Morgan fingerprint density at radius 3 is 2.47 bits per heavy atom. The lowest BCUT2D eigenvalue weighted by Crippen LogP contribution is -2.38. The number of benzene rings is 2. The fourth-order valence-corrected chi connectivity index (χ4v) is 5.89. The van der Waals surface area contributed by atoms with Crippen molar-refractivity contribution in [2.45, 2.75) is 16.2 Å². The summed E-state index contributed by atoms with van der Waals surface area (Å²) in [5.74, 6) is -1.04. The van der Waals surface area contributed by atoms with Crippen LogP contribution < -0.4 is 9.62 Å². The number of ether oxygens (including phenoxy) is 1. The van der Waals surface area contributed by atoms with Gasteiger partial charge in [0.15, 0.2) is 4.34 Å². The van der Waals surface area contributed by atoms with E-state index in [1.54, 1.807) is 12.1 Å². The van der Waals surface area contributed by atoms with E-state index in [0.29, 0.717) is 4.34 Å². The van der Waals surface area contributed by atoms with E-state index in [4.69, 9.17) is 23.2 Å². The van der Waals surface area contributed by atoms with Crippen LogP contribution >= 0.6 is 46.3 Å². The quantitative estimate of drug-likeness (QED) is 0.234. The van der Waals surface area contributed by atoms with E-state index >= 15 is 0 Å². The van der Waals surface area contributed by atoms with Crippen LogP contribution in [0.2, 0.25) is 10.0 Å². The molecule has 0 aliphatic rings. The molecule has 0 unspecified atom stereocenters. The molecule has 14 heteroatoms. The summed E-state index contributed by atoms with van der Waals surface area (Å²) in [5, 5.41) is 10.8. The minimum absolute atomic E-state index is 0.00869. The fraction of sp³-hybridized carbons (Fsp3) is 0.200. The monoisotopic (exact) mass is 560 g/mol. The summed E-state index contributed by atoms with van der Waals surface area (Å²) in [6, 6.07) is 10.5. The first-order valence-electron chi connectivity index (χ1n) is 9.47. The standard InChI is InChI=1S/C20H18Cl2N4O5S3/c1-12-3-6-14(7-4-12)34(29,30)26(13-5-8-15(21)16(22)9-13)10-17(27)23-19-24-25-20(33-19)32-11-18(28)31-2/h3-9H,10-11H2,1-2H3,(H,23,24,27). The Balaban J connectivity index is 1.83. The van der Waals surface area contributed by atoms with E-state index in [1.165, 1.54) is 37.4 Å². The van der Waals surface area contributed by atoms with Gasteiger partial charge in [-0.1, -0.05) is 64.0 Å². The molecule has 9 nitrogen and oxygen atoms in total. The summed E-state index contributed by atoms with van der Waals surface area (Å²) in [6.07, 6.45) is 0. The number of aryl methyl sites for hydroxylation is 1. The number of carbonyl (C=O) groups is 2. The lowest BCUT2D eigenvalue weighted by atomic mass is 10.2. The van der Waals surface area contributed by atoms with Gasteiger partial charge in [0.05, 0.1) is 33.5 Å². The van der Waals surface area contributed by atoms with Crippen molar-refractivity contribution in [3.8, 4) is 0 Å². The maximum atomic E-state index is 13.4. The summed E-state index contributed by atoms with van der Waals surface area (Å²) in [5.41, 5.74) is 1.05. The first-order valence-corrected chi connectivity index (χ1v) is 13.5. The average molecular weight is 561 g/mol. The number of anilines is 2. The Hall–Kier alpha value is -2.38. The number of carbonyl (C=O) groups excluding carboxylic acids is 2. The van der Waals surface area contributed by atoms with Crippen molar-refractivity contribution >= 4 is 79.0 Å². The van der Waals surface area contributed by atoms with Gasteiger partial charge in [-0.05, 0) is 37.3 Å². The van der Waals surface area contributed by atoms with Crippen LogP contribution in [0, 0.1) is 6.92 Å². The summed E-state index contributed by atoms with van der Waals surface area (Å²) in [7, 11) is -2.84. The van der Waals surface area contributed by atoms with Crippen LogP contribution in [0.25, 0.3) is 0 Å². The second kappa shape index (κ2) is 11.4. The van der Waals surface area contributed by atoms with E-state index in [1.807, 2.05) is 6.92 Å². The lowest BCUT2D eigenvalue weighted by Gasteiger charge is -2.24. The summed E-state index contributed by atoms with van der Waals surface area (Å²) >= 11 is 14.2. The molecule has 0 spiro atoms. The number of thioether (sulfide) groups is 1. The second-order valence-corrected chi connectivity index (χ2v) is 11.6. The van der Waals surface area contributed by atoms with Gasteiger partial charge in [-0.15, -0.1) is 10.2 Å². The van der Waals surface area contributed by atoms with E-state index in [2.05, 4.69) is 20.3 Å². The van der Waals surface area contributed by atoms with Crippen LogP contribution in [0.4, 0.5) is 10.8 Å². The topological polar surface area (TPSA) is 119 Å². The first kappa shape index (κ1) is 26.2. The van der Waals surface area contributed by atoms with E-state index in [-0.39, 0.29) is 31.5 Å². The molecule has 3 aromatic rings. The van der Waals surface area contributed by atoms with Gasteiger partial charge in [-0.25, -0.2) is 8.42 Å². The van der Waals surface area contributed by atoms with Crippen LogP contribution in [-0.4, -0.2) is 49.9 Å². The predicted molar refractivity (Wildman–Crippen MR) is 133 cm³/mol. The molecule has 34 heavy (non-hydrogen) atoms. The third-order valence-electron chi connectivity index (χ3n) is 4.28. The highest BCUT2D eigenvalue weighted by Crippen LogP contribution is 2.31. The fourth-order valence-electron chi connectivity index (χ4n) is 2.58. The molecule has 1 heterocycles. The number of halogens is 2. The highest BCUT2D eigenvalue weighted by atomic mass is 35.5. The van der Waals surface area contributed by atoms with Crippen LogP contribution in [0.1, 0.15) is 5.56 Å². The third kappa shape index (κ3) is 6.60. The van der Waals surface area contributed by atoms with Gasteiger partial charge in [0.1, 0.15) is 6.54 Å². The molecule has 2 aromatic carbocycles. The Morgan fingerprint density at radius 1 is 1.12 bits per heavy atom. The predicted octanol–water partition coefficient (Wildman–Crippen LogP) is 4.25. The van der Waals surface area contributed by atoms with Gasteiger partial charge in [0, 0.05) is 0 Å². The summed E-state index contributed by atoms with van der Waals surface area (Å²) in [4.78, 5) is 24.1. The van der Waals surface area contributed by atoms with Crippen molar-refractivity contribution in [3.63, 3.8) is 0 Å². The Kier molecular flexibility index (Phi) is 8.77. The van der Waals surface area contributed by atoms with Crippen LogP contribution in [0.3, 0.4) is 0 Å². The number of esters is 1. The number of sulfonamides is 1. The Bertz CT molecular complexity index is 1300. The molecule has 0 saturated carbocycles. The molecule has 1 N–H and O–H groups in total. The van der Waals surface area contributed by atoms with Crippen molar-refractivity contribution in [1.82, 2.24) is 10.2 Å². The normalized spacial score (nSPS) is 11.2. The molecule has 0 radical (unpaired) electrons. The van der Waals surface area contributed by atoms with Gasteiger partial charge in [-0.3, -0.25) is 19.2 Å². The van der Waals surface area contributed by atoms with Gasteiger partial charge in [0.25, 0.3) is 10.0 Å². The number of methoxy groups -OCH3 is 1. The van der Waals surface area contributed by atoms with Crippen LogP contribution in [-0.2, 0) is 24.3 Å². The zero-order chi connectivity index (χ0) is 24.9. The van der Waals surface area contributed by atoms with E-state index in [9.17, 15) is 18.0 Å². The molecule has 0 saturated heterocycles. The average Bonchev–Trinajstić information content (AvgIpc) is 3.25. The molecule has 1 aromatic heterocycles. The van der Waals surface area contributed by atoms with Gasteiger partial charge in [0.2, 0.25) is 11.0 Å². The number of hydrogen-bond donors (Lipinski definition) is 1. The van der Waals surface area contributed by atoms with Crippen LogP contribution in [0.15, 0.2) is 51.7 Å². The maximum absolute atomic E-state index is 13.4. The maximum Gasteiger partial charge on any atom is 0.316 e. The Morgan fingerprint density at radius 2 is 1.82 bits per heavy atom. The van der Waals surface area contributed by atoms with Crippen molar-refractivity contribution in [2.24, 2.45) is 0 Å². The second-order valence-electron chi connectivity index (χ2n) is 6.71. The Labute approximate surface area is 214 Å².